The average molecular weight is 395 g/mol. The first-order chi connectivity index (χ1) is 9.99. The van der Waals surface area contributed by atoms with Crippen molar-refractivity contribution in [3.8, 4) is 0 Å². The first-order valence-corrected chi connectivity index (χ1v) is 7.89. The van der Waals surface area contributed by atoms with Crippen LogP contribution in [0.25, 0.3) is 10.9 Å². The minimum Gasteiger partial charge on any atom is -0.377 e. The first kappa shape index (κ1) is 15.2. The lowest BCUT2D eigenvalue weighted by Crippen LogP contribution is -2.44. The summed E-state index contributed by atoms with van der Waals surface area (Å²) in [5, 5.41) is 0.816. The van der Waals surface area contributed by atoms with Crippen LogP contribution in [0.5, 0.6) is 0 Å². The zero-order valence-corrected chi connectivity index (χ0v) is 14.1. The summed E-state index contributed by atoms with van der Waals surface area (Å²) in [4.78, 5) is 10.3. The summed E-state index contributed by atoms with van der Waals surface area (Å²) in [5.74, 6) is 0.0399. The van der Waals surface area contributed by atoms with E-state index in [9.17, 15) is 4.39 Å². The molecule has 112 valence electrons. The van der Waals surface area contributed by atoms with Crippen molar-refractivity contribution in [2.75, 3.05) is 24.7 Å². The molecule has 0 N–H and O–H groups in total. The van der Waals surface area contributed by atoms with Crippen LogP contribution in [0.1, 0.15) is 6.92 Å². The predicted octanol–water partition coefficient (Wildman–Crippen LogP) is 4.06. The van der Waals surface area contributed by atoms with Gasteiger partial charge in [0.1, 0.15) is 11.3 Å². The molecule has 1 aromatic carbocycles. The van der Waals surface area contributed by atoms with E-state index in [0.29, 0.717) is 31.0 Å². The van der Waals surface area contributed by atoms with Gasteiger partial charge < -0.3 is 9.64 Å². The van der Waals surface area contributed by atoms with Gasteiger partial charge in [0, 0.05) is 11.9 Å². The van der Waals surface area contributed by atoms with E-state index in [0.717, 1.165) is 0 Å². The fourth-order valence-corrected chi connectivity index (χ4v) is 3.05. The number of aromatic nitrogens is 2. The normalized spacial score (nSPS) is 19.3. The van der Waals surface area contributed by atoms with Gasteiger partial charge in [-0.15, -0.1) is 0 Å². The highest BCUT2D eigenvalue weighted by Gasteiger charge is 2.25. The molecule has 2 aromatic rings. The summed E-state index contributed by atoms with van der Waals surface area (Å²) >= 11 is 15.1. The number of ether oxygens (including phenoxy) is 1. The molecular weight excluding hydrogens is 384 g/mol. The molecule has 0 amide bonds. The van der Waals surface area contributed by atoms with E-state index < -0.39 is 5.82 Å². The molecule has 1 saturated heterocycles. The molecule has 0 spiro atoms. The van der Waals surface area contributed by atoms with Gasteiger partial charge in [-0.2, -0.15) is 4.98 Å². The Bertz CT molecular complexity index is 716. The fourth-order valence-electron chi connectivity index (χ4n) is 2.39. The number of hydrogen-bond donors (Lipinski definition) is 0. The molecule has 1 aromatic heterocycles. The Hall–Kier alpha value is -0.690. The van der Waals surface area contributed by atoms with Gasteiger partial charge >= 0.3 is 0 Å². The van der Waals surface area contributed by atoms with E-state index >= 15 is 0 Å². The number of benzene rings is 1. The van der Waals surface area contributed by atoms with E-state index in [4.69, 9.17) is 27.9 Å². The summed E-state index contributed by atoms with van der Waals surface area (Å²) < 4.78 is 20.0. The molecule has 1 aliphatic heterocycles. The van der Waals surface area contributed by atoms with Gasteiger partial charge in [0.05, 0.1) is 28.8 Å². The maximum Gasteiger partial charge on any atom is 0.225 e. The lowest BCUT2D eigenvalue weighted by atomic mass is 10.2. The van der Waals surface area contributed by atoms with Gasteiger partial charge in [-0.25, -0.2) is 9.37 Å². The summed E-state index contributed by atoms with van der Waals surface area (Å²) in [6.45, 7) is 3.83. The Morgan fingerprint density at radius 2 is 2.19 bits per heavy atom. The van der Waals surface area contributed by atoms with Crippen LogP contribution in [0.3, 0.4) is 0 Å². The second kappa shape index (κ2) is 5.83. The van der Waals surface area contributed by atoms with Gasteiger partial charge in [-0.3, -0.25) is 0 Å². The molecular formula is C13H11BrCl2FN3O. The van der Waals surface area contributed by atoms with Crippen molar-refractivity contribution in [2.24, 2.45) is 0 Å². The lowest BCUT2D eigenvalue weighted by Gasteiger charge is -2.34. The summed E-state index contributed by atoms with van der Waals surface area (Å²) in [7, 11) is 0. The van der Waals surface area contributed by atoms with E-state index in [1.807, 2.05) is 11.8 Å². The quantitative estimate of drug-likeness (QED) is 0.540. The predicted molar refractivity (Wildman–Crippen MR) is 84.8 cm³/mol. The lowest BCUT2D eigenvalue weighted by molar-refractivity contribution is 0.0987. The van der Waals surface area contributed by atoms with Crippen LogP contribution in [-0.2, 0) is 4.74 Å². The monoisotopic (exact) mass is 393 g/mol. The van der Waals surface area contributed by atoms with Gasteiger partial charge in [0.15, 0.2) is 5.82 Å². The summed E-state index contributed by atoms with van der Waals surface area (Å²) in [6, 6.07) is 1.76. The van der Waals surface area contributed by atoms with Crippen molar-refractivity contribution < 1.29 is 9.13 Å². The second-order valence-electron chi connectivity index (χ2n) is 4.82. The number of morpholine rings is 1. The Morgan fingerprint density at radius 1 is 1.43 bits per heavy atom. The largest absolute Gasteiger partial charge is 0.377 e. The molecule has 0 bridgehead atoms. The van der Waals surface area contributed by atoms with E-state index in [2.05, 4.69) is 25.9 Å². The standard InChI is InChI=1S/C13H11BrCl2FN3O/c1-6-5-21-3-2-20(6)12-7-4-8(15)9(14)10(17)11(7)18-13(16)19-12/h4,6H,2-3,5H2,1H3/t6-/m0/s1. The highest BCUT2D eigenvalue weighted by Crippen LogP contribution is 2.36. The number of nitrogens with zero attached hydrogens (tertiary/aromatic N) is 3. The molecule has 1 aliphatic rings. The molecule has 21 heavy (non-hydrogen) atoms. The molecule has 1 fully saturated rings. The zero-order valence-electron chi connectivity index (χ0n) is 11.0. The van der Waals surface area contributed by atoms with E-state index in [-0.39, 0.29) is 26.3 Å². The molecule has 4 nitrogen and oxygen atoms in total. The molecule has 0 saturated carbocycles. The van der Waals surface area contributed by atoms with Crippen LogP contribution in [0.15, 0.2) is 10.5 Å². The third kappa shape index (κ3) is 2.70. The van der Waals surface area contributed by atoms with Crippen molar-refractivity contribution in [3.63, 3.8) is 0 Å². The Labute approximate surface area is 139 Å². The van der Waals surface area contributed by atoms with Gasteiger partial charge in [-0.1, -0.05) is 11.6 Å². The molecule has 1 atom stereocenters. The first-order valence-electron chi connectivity index (χ1n) is 6.34. The molecule has 8 heteroatoms. The maximum atomic E-state index is 14.4. The molecule has 2 heterocycles. The van der Waals surface area contributed by atoms with Crippen LogP contribution >= 0.6 is 39.1 Å². The van der Waals surface area contributed by atoms with Crippen LogP contribution in [0, 0.1) is 5.82 Å². The van der Waals surface area contributed by atoms with Crippen LogP contribution in [0.2, 0.25) is 10.3 Å². The summed E-state index contributed by atoms with van der Waals surface area (Å²) in [5.41, 5.74) is 0.153. The Morgan fingerprint density at radius 3 is 2.90 bits per heavy atom. The molecule has 0 unspecified atom stereocenters. The minimum atomic E-state index is -0.538. The Balaban J connectivity index is 2.27. The number of hydrogen-bond acceptors (Lipinski definition) is 4. The molecule has 0 aliphatic carbocycles. The van der Waals surface area contributed by atoms with Crippen molar-refractivity contribution >= 4 is 55.9 Å². The van der Waals surface area contributed by atoms with Gasteiger partial charge in [-0.05, 0) is 40.5 Å². The topological polar surface area (TPSA) is 38.2 Å². The number of rotatable bonds is 1. The maximum absolute atomic E-state index is 14.4. The third-order valence-corrected chi connectivity index (χ3v) is 4.89. The highest BCUT2D eigenvalue weighted by atomic mass is 79.9. The van der Waals surface area contributed by atoms with Crippen molar-refractivity contribution in [3.05, 3.63) is 26.7 Å². The highest BCUT2D eigenvalue weighted by molar-refractivity contribution is 9.10. The third-order valence-electron chi connectivity index (χ3n) is 3.42. The SMILES string of the molecule is C[C@H]1COCCN1c1nc(Cl)nc2c(F)c(Br)c(Cl)cc12. The van der Waals surface area contributed by atoms with Crippen molar-refractivity contribution in [2.45, 2.75) is 13.0 Å². The van der Waals surface area contributed by atoms with Crippen molar-refractivity contribution in [1.82, 2.24) is 9.97 Å². The minimum absolute atomic E-state index is 0.00399. The Kier molecular flexibility index (Phi) is 4.23. The zero-order chi connectivity index (χ0) is 15.1. The van der Waals surface area contributed by atoms with Crippen LogP contribution < -0.4 is 4.90 Å². The number of fused-ring (bicyclic) bond motifs is 1. The fraction of sp³-hybridized carbons (Fsp3) is 0.385. The molecule has 3 rings (SSSR count). The van der Waals surface area contributed by atoms with Gasteiger partial charge in [0.2, 0.25) is 5.28 Å². The van der Waals surface area contributed by atoms with Crippen molar-refractivity contribution in [1.29, 1.82) is 0 Å². The number of anilines is 1. The van der Waals surface area contributed by atoms with Crippen LogP contribution in [-0.4, -0.2) is 35.8 Å². The van der Waals surface area contributed by atoms with Gasteiger partial charge in [0.25, 0.3) is 0 Å². The smallest absolute Gasteiger partial charge is 0.225 e. The number of halogens is 4. The summed E-state index contributed by atoms with van der Waals surface area (Å²) in [6.07, 6.45) is 0. The van der Waals surface area contributed by atoms with E-state index in [1.165, 1.54) is 0 Å². The molecule has 0 radical (unpaired) electrons. The second-order valence-corrected chi connectivity index (χ2v) is 6.35. The average Bonchev–Trinajstić information content (AvgIpc) is 2.46. The van der Waals surface area contributed by atoms with Crippen LogP contribution in [0.4, 0.5) is 10.2 Å². The van der Waals surface area contributed by atoms with E-state index in [1.54, 1.807) is 6.07 Å².